The lowest BCUT2D eigenvalue weighted by Crippen LogP contribution is -2.25. The second-order valence-electron chi connectivity index (χ2n) is 8.11. The minimum atomic E-state index is -0.0492. The number of ether oxygens (including phenoxy) is 2. The molecule has 168 valence electrons. The van der Waals surface area contributed by atoms with Gasteiger partial charge < -0.3 is 18.9 Å². The number of imidazole rings is 1. The van der Waals surface area contributed by atoms with Crippen molar-refractivity contribution in [2.75, 3.05) is 25.7 Å². The molecule has 1 fully saturated rings. The molecule has 1 aromatic heterocycles. The van der Waals surface area contributed by atoms with Crippen LogP contribution in [0.25, 0.3) is 11.0 Å². The summed E-state index contributed by atoms with van der Waals surface area (Å²) in [5, 5.41) is 0.564. The van der Waals surface area contributed by atoms with Gasteiger partial charge in [0, 0.05) is 30.5 Å². The topological polar surface area (TPSA) is 56.6 Å². The maximum absolute atomic E-state index is 13.1. The standard InChI is InChI=1S/C26H24ClN3O3/c1-32-20-10-7-17(8-11-20)15-30-22-6-4-3-5-21(22)28-26(30)18-13-25(31)29(16-18)23-14-19(27)9-12-24(23)33-2/h3-12,14,18H,13,15-16H2,1-2H3. The maximum atomic E-state index is 13.1. The molecule has 0 bridgehead atoms. The van der Waals surface area contributed by atoms with Gasteiger partial charge in [0.15, 0.2) is 0 Å². The van der Waals surface area contributed by atoms with E-state index in [1.54, 1.807) is 37.3 Å². The predicted octanol–water partition coefficient (Wildman–Crippen LogP) is 5.28. The Kier molecular flexibility index (Phi) is 5.68. The minimum absolute atomic E-state index is 0.0311. The van der Waals surface area contributed by atoms with Crippen LogP contribution in [0.15, 0.2) is 66.7 Å². The Morgan fingerprint density at radius 3 is 2.58 bits per heavy atom. The van der Waals surface area contributed by atoms with Crippen LogP contribution in [0.3, 0.4) is 0 Å². The van der Waals surface area contributed by atoms with E-state index in [0.717, 1.165) is 28.2 Å². The summed E-state index contributed by atoms with van der Waals surface area (Å²) in [6.45, 7) is 1.17. The molecule has 0 radical (unpaired) electrons. The number of aromatic nitrogens is 2. The lowest BCUT2D eigenvalue weighted by molar-refractivity contribution is -0.117. The van der Waals surface area contributed by atoms with Crippen molar-refractivity contribution < 1.29 is 14.3 Å². The quantitative estimate of drug-likeness (QED) is 0.392. The minimum Gasteiger partial charge on any atom is -0.497 e. The highest BCUT2D eigenvalue weighted by atomic mass is 35.5. The van der Waals surface area contributed by atoms with Gasteiger partial charge in [-0.1, -0.05) is 35.9 Å². The molecule has 0 aliphatic carbocycles. The Morgan fingerprint density at radius 2 is 1.82 bits per heavy atom. The van der Waals surface area contributed by atoms with Gasteiger partial charge in [-0.25, -0.2) is 4.98 Å². The van der Waals surface area contributed by atoms with E-state index in [0.29, 0.717) is 36.0 Å². The van der Waals surface area contributed by atoms with Crippen molar-refractivity contribution >= 4 is 34.2 Å². The summed E-state index contributed by atoms with van der Waals surface area (Å²) in [7, 11) is 3.26. The first-order valence-corrected chi connectivity index (χ1v) is 11.2. The molecule has 1 saturated heterocycles. The molecule has 5 rings (SSSR count). The van der Waals surface area contributed by atoms with Gasteiger partial charge in [0.1, 0.15) is 17.3 Å². The lowest BCUT2D eigenvalue weighted by atomic mass is 10.1. The highest BCUT2D eigenvalue weighted by Crippen LogP contribution is 2.38. The number of carbonyl (C=O) groups excluding carboxylic acids is 1. The number of hydrogen-bond acceptors (Lipinski definition) is 4. The summed E-state index contributed by atoms with van der Waals surface area (Å²) < 4.78 is 13.0. The summed E-state index contributed by atoms with van der Waals surface area (Å²) in [4.78, 5) is 19.8. The molecule has 4 aromatic rings. The molecular formula is C26H24ClN3O3. The van der Waals surface area contributed by atoms with Gasteiger partial charge in [0.05, 0.1) is 30.9 Å². The number of fused-ring (bicyclic) bond motifs is 1. The number of anilines is 1. The third kappa shape index (κ3) is 4.02. The van der Waals surface area contributed by atoms with E-state index < -0.39 is 0 Å². The normalized spacial score (nSPS) is 15.9. The zero-order valence-electron chi connectivity index (χ0n) is 18.5. The van der Waals surface area contributed by atoms with Gasteiger partial charge in [-0.05, 0) is 48.0 Å². The third-order valence-corrected chi connectivity index (χ3v) is 6.34. The molecule has 7 heteroatoms. The van der Waals surface area contributed by atoms with E-state index >= 15 is 0 Å². The van der Waals surface area contributed by atoms with E-state index in [9.17, 15) is 4.79 Å². The number of amides is 1. The Hall–Kier alpha value is -3.51. The molecule has 1 unspecified atom stereocenters. The fourth-order valence-corrected chi connectivity index (χ4v) is 4.64. The van der Waals surface area contributed by atoms with Crippen molar-refractivity contribution in [1.82, 2.24) is 9.55 Å². The van der Waals surface area contributed by atoms with Crippen molar-refractivity contribution in [2.24, 2.45) is 0 Å². The summed E-state index contributed by atoms with van der Waals surface area (Å²) in [6.07, 6.45) is 0.377. The highest BCUT2D eigenvalue weighted by molar-refractivity contribution is 6.31. The number of hydrogen-bond donors (Lipinski definition) is 0. The van der Waals surface area contributed by atoms with E-state index in [1.165, 1.54) is 0 Å². The van der Waals surface area contributed by atoms with E-state index in [1.807, 2.05) is 30.3 Å². The number of halogens is 1. The zero-order chi connectivity index (χ0) is 22.9. The van der Waals surface area contributed by atoms with Crippen molar-refractivity contribution in [3.05, 3.63) is 83.1 Å². The first-order valence-electron chi connectivity index (χ1n) is 10.8. The van der Waals surface area contributed by atoms with Crippen LogP contribution in [0.4, 0.5) is 5.69 Å². The van der Waals surface area contributed by atoms with Crippen molar-refractivity contribution in [2.45, 2.75) is 18.9 Å². The van der Waals surface area contributed by atoms with Crippen LogP contribution < -0.4 is 14.4 Å². The first-order chi connectivity index (χ1) is 16.1. The van der Waals surface area contributed by atoms with Crippen molar-refractivity contribution in [3.8, 4) is 11.5 Å². The fourth-order valence-electron chi connectivity index (χ4n) is 4.47. The summed E-state index contributed by atoms with van der Waals surface area (Å²) in [5.41, 5.74) is 3.80. The van der Waals surface area contributed by atoms with Crippen molar-refractivity contribution in [3.63, 3.8) is 0 Å². The molecule has 0 N–H and O–H groups in total. The van der Waals surface area contributed by atoms with Gasteiger partial charge in [0.25, 0.3) is 0 Å². The average molecular weight is 462 g/mol. The Labute approximate surface area is 197 Å². The Balaban J connectivity index is 1.52. The first kappa shape index (κ1) is 21.3. The molecule has 1 atom stereocenters. The van der Waals surface area contributed by atoms with E-state index in [2.05, 4.69) is 22.8 Å². The number of para-hydroxylation sites is 2. The molecular weight excluding hydrogens is 438 g/mol. The molecule has 1 aliphatic heterocycles. The van der Waals surface area contributed by atoms with Gasteiger partial charge in [-0.15, -0.1) is 0 Å². The lowest BCUT2D eigenvalue weighted by Gasteiger charge is -2.20. The number of methoxy groups -OCH3 is 2. The van der Waals surface area contributed by atoms with Crippen LogP contribution in [0.1, 0.15) is 23.7 Å². The average Bonchev–Trinajstić information content (AvgIpc) is 3.40. The summed E-state index contributed by atoms with van der Waals surface area (Å²) >= 11 is 6.22. The van der Waals surface area contributed by atoms with Crippen LogP contribution in [-0.4, -0.2) is 36.2 Å². The van der Waals surface area contributed by atoms with Gasteiger partial charge in [-0.3, -0.25) is 4.79 Å². The van der Waals surface area contributed by atoms with Gasteiger partial charge in [-0.2, -0.15) is 0 Å². The third-order valence-electron chi connectivity index (χ3n) is 6.11. The van der Waals surface area contributed by atoms with E-state index in [4.69, 9.17) is 26.1 Å². The second-order valence-corrected chi connectivity index (χ2v) is 8.55. The van der Waals surface area contributed by atoms with Gasteiger partial charge >= 0.3 is 0 Å². The van der Waals surface area contributed by atoms with Crippen LogP contribution >= 0.6 is 11.6 Å². The number of rotatable bonds is 6. The monoisotopic (exact) mass is 461 g/mol. The molecule has 6 nitrogen and oxygen atoms in total. The predicted molar refractivity (Wildman–Crippen MR) is 130 cm³/mol. The molecule has 0 saturated carbocycles. The molecule has 1 amide bonds. The highest BCUT2D eigenvalue weighted by Gasteiger charge is 2.36. The molecule has 0 spiro atoms. The zero-order valence-corrected chi connectivity index (χ0v) is 19.2. The van der Waals surface area contributed by atoms with Crippen LogP contribution in [-0.2, 0) is 11.3 Å². The summed E-state index contributed by atoms with van der Waals surface area (Å²) in [5.74, 6) is 2.33. The number of nitrogens with zero attached hydrogens (tertiary/aromatic N) is 3. The van der Waals surface area contributed by atoms with E-state index in [-0.39, 0.29) is 11.8 Å². The molecule has 1 aliphatic rings. The molecule has 2 heterocycles. The Morgan fingerprint density at radius 1 is 1.03 bits per heavy atom. The van der Waals surface area contributed by atoms with Crippen LogP contribution in [0.2, 0.25) is 5.02 Å². The SMILES string of the molecule is COc1ccc(Cn2c(C3CC(=O)N(c4cc(Cl)ccc4OC)C3)nc3ccccc32)cc1. The van der Waals surface area contributed by atoms with Crippen LogP contribution in [0, 0.1) is 0 Å². The van der Waals surface area contributed by atoms with Gasteiger partial charge in [0.2, 0.25) is 5.91 Å². The molecule has 33 heavy (non-hydrogen) atoms. The van der Waals surface area contributed by atoms with Crippen LogP contribution in [0.5, 0.6) is 11.5 Å². The maximum Gasteiger partial charge on any atom is 0.227 e. The Bertz CT molecular complexity index is 1320. The number of carbonyl (C=O) groups is 1. The smallest absolute Gasteiger partial charge is 0.227 e. The molecule has 3 aromatic carbocycles. The second kappa shape index (κ2) is 8.79. The summed E-state index contributed by atoms with van der Waals surface area (Å²) in [6, 6.07) is 21.4. The fraction of sp³-hybridized carbons (Fsp3) is 0.231. The number of benzene rings is 3. The largest absolute Gasteiger partial charge is 0.497 e. The van der Waals surface area contributed by atoms with Crippen molar-refractivity contribution in [1.29, 1.82) is 0 Å².